The number of rotatable bonds is 4. The highest BCUT2D eigenvalue weighted by molar-refractivity contribution is 5.66. The Bertz CT molecular complexity index is 638. The zero-order chi connectivity index (χ0) is 15.1. The molecule has 0 unspecified atom stereocenters. The third kappa shape index (κ3) is 4.37. The number of hydrogen-bond donors (Lipinski definition) is 0. The molecular weight excluding hydrogens is 244 g/mol. The first kappa shape index (κ1) is 15.7. The normalized spacial score (nSPS) is 13.1. The van der Waals surface area contributed by atoms with E-state index < -0.39 is 0 Å². The van der Waals surface area contributed by atoms with Crippen molar-refractivity contribution in [3.05, 3.63) is 71.1 Å². The van der Waals surface area contributed by atoms with Gasteiger partial charge in [-0.2, -0.15) is 5.26 Å². The zero-order valence-corrected chi connectivity index (χ0v) is 12.6. The molecule has 1 heterocycles. The van der Waals surface area contributed by atoms with E-state index in [0.717, 1.165) is 28.0 Å². The lowest BCUT2D eigenvalue weighted by Gasteiger charge is -2.06. The van der Waals surface area contributed by atoms with E-state index in [4.69, 9.17) is 5.26 Å². The average molecular weight is 264 g/mol. The van der Waals surface area contributed by atoms with E-state index in [1.807, 2.05) is 20.8 Å². The molecule has 0 bridgehead atoms. The van der Waals surface area contributed by atoms with Gasteiger partial charge in [0.05, 0.1) is 17.3 Å². The third-order valence-corrected chi connectivity index (χ3v) is 2.89. The molecule has 0 atom stereocenters. The van der Waals surface area contributed by atoms with Gasteiger partial charge in [0.15, 0.2) is 0 Å². The molecule has 1 aromatic heterocycles. The molecule has 20 heavy (non-hydrogen) atoms. The standard InChI is InChI=1S/C18H20N2/c1-6-17(14(4)9-13(2)3)10-15(5)18-11-16(12-19)7-8-20-18/h6-11H,2H2,1,3-5H3/b14-9-,15-10+,17-6?. The maximum atomic E-state index is 8.93. The van der Waals surface area contributed by atoms with Crippen LogP contribution in [0, 0.1) is 11.3 Å². The SMILES string of the molecule is C=C(C)/C=C(/C)C(=CC)/C=C(\C)c1cc(C#N)ccn1. The van der Waals surface area contributed by atoms with Gasteiger partial charge in [-0.25, -0.2) is 0 Å². The number of aromatic nitrogens is 1. The van der Waals surface area contributed by atoms with E-state index in [1.165, 1.54) is 0 Å². The van der Waals surface area contributed by atoms with Gasteiger partial charge in [-0.15, -0.1) is 0 Å². The van der Waals surface area contributed by atoms with Crippen molar-refractivity contribution < 1.29 is 0 Å². The second kappa shape index (κ2) is 7.25. The van der Waals surface area contributed by atoms with Crippen molar-refractivity contribution in [2.75, 3.05) is 0 Å². The van der Waals surface area contributed by atoms with Crippen molar-refractivity contribution >= 4 is 5.57 Å². The molecule has 0 spiro atoms. The molecule has 102 valence electrons. The van der Waals surface area contributed by atoms with Crippen molar-refractivity contribution in [2.24, 2.45) is 0 Å². The molecule has 0 aliphatic rings. The second-order valence-corrected chi connectivity index (χ2v) is 4.79. The van der Waals surface area contributed by atoms with Crippen LogP contribution in [0.5, 0.6) is 0 Å². The maximum Gasteiger partial charge on any atom is 0.0992 e. The lowest BCUT2D eigenvalue weighted by molar-refractivity contribution is 1.25. The second-order valence-electron chi connectivity index (χ2n) is 4.79. The van der Waals surface area contributed by atoms with Gasteiger partial charge in [0.1, 0.15) is 0 Å². The Kier molecular flexibility index (Phi) is 5.68. The average Bonchev–Trinajstić information content (AvgIpc) is 2.43. The molecule has 0 aliphatic heterocycles. The first-order valence-corrected chi connectivity index (χ1v) is 6.53. The number of pyridine rings is 1. The molecule has 0 aliphatic carbocycles. The maximum absolute atomic E-state index is 8.93. The smallest absolute Gasteiger partial charge is 0.0992 e. The predicted octanol–water partition coefficient (Wildman–Crippen LogP) is 4.83. The Morgan fingerprint density at radius 1 is 1.30 bits per heavy atom. The van der Waals surface area contributed by atoms with Gasteiger partial charge < -0.3 is 0 Å². The Labute approximate surface area is 121 Å². The highest BCUT2D eigenvalue weighted by atomic mass is 14.7. The summed E-state index contributed by atoms with van der Waals surface area (Å²) >= 11 is 0. The minimum Gasteiger partial charge on any atom is -0.257 e. The number of hydrogen-bond acceptors (Lipinski definition) is 2. The van der Waals surface area contributed by atoms with E-state index in [2.05, 4.69) is 42.8 Å². The molecule has 0 fully saturated rings. The summed E-state index contributed by atoms with van der Waals surface area (Å²) in [4.78, 5) is 4.31. The van der Waals surface area contributed by atoms with Gasteiger partial charge >= 0.3 is 0 Å². The van der Waals surface area contributed by atoms with Crippen molar-refractivity contribution in [3.63, 3.8) is 0 Å². The molecule has 0 saturated carbocycles. The third-order valence-electron chi connectivity index (χ3n) is 2.89. The van der Waals surface area contributed by atoms with E-state index >= 15 is 0 Å². The molecule has 0 aromatic carbocycles. The Balaban J connectivity index is 3.14. The van der Waals surface area contributed by atoms with Gasteiger partial charge in [0, 0.05) is 6.20 Å². The largest absolute Gasteiger partial charge is 0.257 e. The molecule has 2 heteroatoms. The first-order valence-electron chi connectivity index (χ1n) is 6.53. The summed E-state index contributed by atoms with van der Waals surface area (Å²) in [6, 6.07) is 5.64. The summed E-state index contributed by atoms with van der Waals surface area (Å²) in [5, 5.41) is 8.93. The van der Waals surface area contributed by atoms with Crippen LogP contribution < -0.4 is 0 Å². The van der Waals surface area contributed by atoms with Crippen LogP contribution in [0.4, 0.5) is 0 Å². The number of nitriles is 1. The fourth-order valence-corrected chi connectivity index (χ4v) is 1.90. The fourth-order valence-electron chi connectivity index (χ4n) is 1.90. The van der Waals surface area contributed by atoms with Crippen molar-refractivity contribution in [3.8, 4) is 6.07 Å². The van der Waals surface area contributed by atoms with Crippen molar-refractivity contribution in [1.29, 1.82) is 5.26 Å². The van der Waals surface area contributed by atoms with Crippen LogP contribution in [-0.2, 0) is 0 Å². The van der Waals surface area contributed by atoms with Gasteiger partial charge in [0.25, 0.3) is 0 Å². The quantitative estimate of drug-likeness (QED) is 0.731. The Morgan fingerprint density at radius 3 is 2.55 bits per heavy atom. The number of nitrogens with zero attached hydrogens (tertiary/aromatic N) is 2. The minimum atomic E-state index is 0.624. The highest BCUT2D eigenvalue weighted by Gasteiger charge is 2.02. The molecule has 0 radical (unpaired) electrons. The molecule has 0 amide bonds. The summed E-state index contributed by atoms with van der Waals surface area (Å²) in [7, 11) is 0. The summed E-state index contributed by atoms with van der Waals surface area (Å²) in [6.07, 6.45) is 7.86. The minimum absolute atomic E-state index is 0.624. The predicted molar refractivity (Wildman–Crippen MR) is 84.9 cm³/mol. The summed E-state index contributed by atoms with van der Waals surface area (Å²) < 4.78 is 0. The van der Waals surface area contributed by atoms with E-state index in [1.54, 1.807) is 18.3 Å². The number of allylic oxidation sites excluding steroid dienone is 7. The van der Waals surface area contributed by atoms with E-state index in [9.17, 15) is 0 Å². The summed E-state index contributed by atoms with van der Waals surface area (Å²) in [6.45, 7) is 11.9. The van der Waals surface area contributed by atoms with Crippen LogP contribution in [0.15, 0.2) is 59.9 Å². The molecule has 1 rings (SSSR count). The van der Waals surface area contributed by atoms with Crippen molar-refractivity contribution in [1.82, 2.24) is 4.98 Å². The van der Waals surface area contributed by atoms with Crippen LogP contribution in [0.1, 0.15) is 39.0 Å². The topological polar surface area (TPSA) is 36.7 Å². The highest BCUT2D eigenvalue weighted by Crippen LogP contribution is 2.20. The van der Waals surface area contributed by atoms with Gasteiger partial charge in [-0.1, -0.05) is 24.3 Å². The summed E-state index contributed by atoms with van der Waals surface area (Å²) in [5.41, 5.74) is 5.80. The van der Waals surface area contributed by atoms with Crippen molar-refractivity contribution in [2.45, 2.75) is 27.7 Å². The molecule has 1 aromatic rings. The first-order chi connectivity index (χ1) is 9.47. The molecular formula is C18H20N2. The van der Waals surface area contributed by atoms with Crippen LogP contribution in [0.2, 0.25) is 0 Å². The Hall–Kier alpha value is -2.40. The lowest BCUT2D eigenvalue weighted by Crippen LogP contribution is -1.89. The Morgan fingerprint density at radius 2 is 2.00 bits per heavy atom. The molecule has 2 nitrogen and oxygen atoms in total. The van der Waals surface area contributed by atoms with Gasteiger partial charge in [-0.3, -0.25) is 4.98 Å². The lowest BCUT2D eigenvalue weighted by atomic mass is 10.0. The monoisotopic (exact) mass is 264 g/mol. The van der Waals surface area contributed by atoms with E-state index in [0.29, 0.717) is 5.56 Å². The van der Waals surface area contributed by atoms with Crippen LogP contribution in [0.25, 0.3) is 5.57 Å². The van der Waals surface area contributed by atoms with Crippen LogP contribution in [0.3, 0.4) is 0 Å². The molecule has 0 N–H and O–H groups in total. The van der Waals surface area contributed by atoms with Gasteiger partial charge in [0.2, 0.25) is 0 Å². The zero-order valence-electron chi connectivity index (χ0n) is 12.6. The van der Waals surface area contributed by atoms with Crippen LogP contribution in [-0.4, -0.2) is 4.98 Å². The molecule has 0 saturated heterocycles. The fraction of sp³-hybridized carbons (Fsp3) is 0.222. The van der Waals surface area contributed by atoms with Gasteiger partial charge in [-0.05, 0) is 62.6 Å². The van der Waals surface area contributed by atoms with Crippen LogP contribution >= 0.6 is 0 Å². The van der Waals surface area contributed by atoms with E-state index in [-0.39, 0.29) is 0 Å². The summed E-state index contributed by atoms with van der Waals surface area (Å²) in [5.74, 6) is 0.